The molecule has 1 fully saturated rings. The third-order valence-electron chi connectivity index (χ3n) is 4.74. The predicted molar refractivity (Wildman–Crippen MR) is 110 cm³/mol. The molecule has 1 atom stereocenters. The minimum atomic E-state index is -0.780. The molecule has 1 heterocycles. The molecule has 0 saturated carbocycles. The summed E-state index contributed by atoms with van der Waals surface area (Å²) in [6, 6.07) is 8.13. The van der Waals surface area contributed by atoms with Gasteiger partial charge in [-0.1, -0.05) is 23.2 Å². The number of halogens is 2. The molecule has 3 rings (SSSR count). The molecule has 1 aliphatic heterocycles. The van der Waals surface area contributed by atoms with Crippen molar-refractivity contribution in [1.82, 2.24) is 4.90 Å². The third-order valence-corrected chi connectivity index (χ3v) is 5.30. The van der Waals surface area contributed by atoms with Crippen LogP contribution in [0.15, 0.2) is 36.4 Å². The Morgan fingerprint density at radius 3 is 2.50 bits per heavy atom. The topological polar surface area (TPSA) is 82.1 Å². The Kier molecular flexibility index (Phi) is 6.84. The molecule has 2 aromatic carbocycles. The van der Waals surface area contributed by atoms with Crippen molar-refractivity contribution in [2.24, 2.45) is 0 Å². The summed E-state index contributed by atoms with van der Waals surface area (Å²) < 4.78 is 15.4. The Labute approximate surface area is 183 Å². The van der Waals surface area contributed by atoms with Crippen LogP contribution in [0, 0.1) is 0 Å². The molecule has 2 aromatic rings. The van der Waals surface area contributed by atoms with Crippen LogP contribution in [-0.2, 0) is 9.53 Å². The average Bonchev–Trinajstić information content (AvgIpc) is 3.24. The van der Waals surface area contributed by atoms with Gasteiger partial charge in [-0.25, -0.2) is 9.59 Å². The zero-order valence-corrected chi connectivity index (χ0v) is 17.8. The highest BCUT2D eigenvalue weighted by atomic mass is 35.5. The van der Waals surface area contributed by atoms with Gasteiger partial charge in [0.1, 0.15) is 6.04 Å². The molecule has 0 aliphatic carbocycles. The summed E-state index contributed by atoms with van der Waals surface area (Å²) >= 11 is 12.1. The van der Waals surface area contributed by atoms with E-state index in [0.29, 0.717) is 24.4 Å². The van der Waals surface area contributed by atoms with Gasteiger partial charge in [0.25, 0.3) is 5.91 Å². The van der Waals surface area contributed by atoms with Gasteiger partial charge in [0, 0.05) is 11.6 Å². The van der Waals surface area contributed by atoms with Crippen molar-refractivity contribution in [3.8, 4) is 11.5 Å². The molecular weight excluding hydrogens is 433 g/mol. The molecular formula is C21H19Cl2NO6. The van der Waals surface area contributed by atoms with Gasteiger partial charge >= 0.3 is 11.9 Å². The first-order valence-electron chi connectivity index (χ1n) is 9.09. The normalized spacial score (nSPS) is 15.6. The molecule has 1 amide bonds. The van der Waals surface area contributed by atoms with Gasteiger partial charge < -0.3 is 19.1 Å². The Balaban J connectivity index is 1.80. The van der Waals surface area contributed by atoms with E-state index in [9.17, 15) is 14.4 Å². The van der Waals surface area contributed by atoms with E-state index in [2.05, 4.69) is 4.74 Å². The summed E-state index contributed by atoms with van der Waals surface area (Å²) in [6.07, 6.45) is 1.09. The summed E-state index contributed by atoms with van der Waals surface area (Å²) in [4.78, 5) is 38.9. The van der Waals surface area contributed by atoms with Gasteiger partial charge in [-0.2, -0.15) is 0 Å². The van der Waals surface area contributed by atoms with Gasteiger partial charge in [0.05, 0.1) is 30.4 Å². The first-order chi connectivity index (χ1) is 14.3. The number of hydrogen-bond acceptors (Lipinski definition) is 6. The Hall–Kier alpha value is -2.77. The molecule has 30 heavy (non-hydrogen) atoms. The second kappa shape index (κ2) is 9.36. The maximum atomic E-state index is 13.0. The van der Waals surface area contributed by atoms with E-state index in [0.717, 1.165) is 0 Å². The van der Waals surface area contributed by atoms with Gasteiger partial charge in [0.15, 0.2) is 11.5 Å². The lowest BCUT2D eigenvalue weighted by atomic mass is 10.1. The molecule has 0 N–H and O–H groups in total. The van der Waals surface area contributed by atoms with Gasteiger partial charge in [0.2, 0.25) is 0 Å². The Morgan fingerprint density at radius 2 is 1.80 bits per heavy atom. The molecule has 0 spiro atoms. The monoisotopic (exact) mass is 451 g/mol. The number of likely N-dealkylation sites (tertiary alicyclic amines) is 1. The highest BCUT2D eigenvalue weighted by molar-refractivity contribution is 6.35. The second-order valence-corrected chi connectivity index (χ2v) is 7.40. The minimum Gasteiger partial charge on any atom is -0.493 e. The smallest absolute Gasteiger partial charge is 0.337 e. The largest absolute Gasteiger partial charge is 0.493 e. The number of esters is 2. The molecule has 9 heteroatoms. The van der Waals surface area contributed by atoms with E-state index in [1.807, 2.05) is 0 Å². The van der Waals surface area contributed by atoms with Crippen molar-refractivity contribution in [3.05, 3.63) is 57.6 Å². The number of hydrogen-bond donors (Lipinski definition) is 0. The third kappa shape index (κ3) is 4.52. The van der Waals surface area contributed by atoms with Crippen LogP contribution in [0.5, 0.6) is 11.5 Å². The van der Waals surface area contributed by atoms with E-state index < -0.39 is 23.9 Å². The number of rotatable bonds is 5. The van der Waals surface area contributed by atoms with Crippen molar-refractivity contribution in [1.29, 1.82) is 0 Å². The van der Waals surface area contributed by atoms with Crippen molar-refractivity contribution in [3.63, 3.8) is 0 Å². The summed E-state index contributed by atoms with van der Waals surface area (Å²) in [5.41, 5.74) is 0.478. The Morgan fingerprint density at radius 1 is 1.03 bits per heavy atom. The number of methoxy groups -OCH3 is 2. The zero-order chi connectivity index (χ0) is 21.8. The van der Waals surface area contributed by atoms with Crippen LogP contribution in [0.4, 0.5) is 0 Å². The quantitative estimate of drug-likeness (QED) is 0.504. The van der Waals surface area contributed by atoms with E-state index >= 15 is 0 Å². The number of nitrogens with zero attached hydrogens (tertiary/aromatic N) is 1. The number of benzene rings is 2. The number of carbonyl (C=O) groups is 3. The maximum Gasteiger partial charge on any atom is 0.337 e. The predicted octanol–water partition coefficient (Wildman–Crippen LogP) is 4.00. The second-order valence-electron chi connectivity index (χ2n) is 6.56. The lowest BCUT2D eigenvalue weighted by Crippen LogP contribution is -2.42. The van der Waals surface area contributed by atoms with Gasteiger partial charge in [-0.15, -0.1) is 0 Å². The molecule has 1 saturated heterocycles. The molecule has 0 aromatic heterocycles. The van der Waals surface area contributed by atoms with E-state index in [1.54, 1.807) is 6.07 Å². The van der Waals surface area contributed by atoms with Crippen molar-refractivity contribution in [2.45, 2.75) is 18.9 Å². The van der Waals surface area contributed by atoms with Gasteiger partial charge in [-0.05, 0) is 49.2 Å². The highest BCUT2D eigenvalue weighted by Gasteiger charge is 2.37. The van der Waals surface area contributed by atoms with E-state index in [4.69, 9.17) is 32.7 Å². The highest BCUT2D eigenvalue weighted by Crippen LogP contribution is 2.31. The van der Waals surface area contributed by atoms with Crippen molar-refractivity contribution < 1.29 is 28.6 Å². The van der Waals surface area contributed by atoms with E-state index in [-0.39, 0.29) is 27.6 Å². The van der Waals surface area contributed by atoms with Crippen LogP contribution in [0.2, 0.25) is 10.0 Å². The van der Waals surface area contributed by atoms with Crippen molar-refractivity contribution >= 4 is 41.0 Å². The molecule has 1 aliphatic rings. The van der Waals surface area contributed by atoms with Crippen LogP contribution in [-0.4, -0.2) is 49.6 Å². The molecule has 0 radical (unpaired) electrons. The minimum absolute atomic E-state index is 0.134. The van der Waals surface area contributed by atoms with Crippen LogP contribution >= 0.6 is 23.2 Å². The summed E-state index contributed by atoms with van der Waals surface area (Å²) in [5, 5.41) is 0.625. The number of amides is 1. The van der Waals surface area contributed by atoms with Crippen LogP contribution in [0.1, 0.15) is 33.6 Å². The van der Waals surface area contributed by atoms with Crippen molar-refractivity contribution in [2.75, 3.05) is 20.8 Å². The summed E-state index contributed by atoms with van der Waals surface area (Å²) in [7, 11) is 2.65. The molecule has 158 valence electrons. The summed E-state index contributed by atoms with van der Waals surface area (Å²) in [6.45, 7) is 0.389. The SMILES string of the molecule is COC(=O)c1ccc(OC(=O)C2CCCN2C(=O)c2cc(Cl)ccc2Cl)c(OC)c1. The average molecular weight is 452 g/mol. The fourth-order valence-electron chi connectivity index (χ4n) is 3.24. The molecule has 0 bridgehead atoms. The summed E-state index contributed by atoms with van der Waals surface area (Å²) in [5.74, 6) is -1.22. The van der Waals surface area contributed by atoms with Crippen LogP contribution < -0.4 is 9.47 Å². The molecule has 7 nitrogen and oxygen atoms in total. The van der Waals surface area contributed by atoms with Gasteiger partial charge in [-0.3, -0.25) is 4.79 Å². The van der Waals surface area contributed by atoms with E-state index in [1.165, 1.54) is 49.5 Å². The van der Waals surface area contributed by atoms with Crippen LogP contribution in [0.3, 0.4) is 0 Å². The molecule has 1 unspecified atom stereocenters. The zero-order valence-electron chi connectivity index (χ0n) is 16.3. The standard InChI is InChI=1S/C21H19Cl2NO6/c1-28-18-10-12(20(26)29-2)5-8-17(18)30-21(27)16-4-3-9-24(16)19(25)14-11-13(22)6-7-15(14)23/h5-8,10-11,16H,3-4,9H2,1-2H3. The maximum absolute atomic E-state index is 13.0. The number of ether oxygens (including phenoxy) is 3. The first kappa shape index (κ1) is 21.9. The lowest BCUT2D eigenvalue weighted by molar-refractivity contribution is -0.138. The first-order valence-corrected chi connectivity index (χ1v) is 9.85. The Bertz CT molecular complexity index is 993. The lowest BCUT2D eigenvalue weighted by Gasteiger charge is -2.24. The fraction of sp³-hybridized carbons (Fsp3) is 0.286. The fourth-order valence-corrected chi connectivity index (χ4v) is 3.61. The van der Waals surface area contributed by atoms with Crippen LogP contribution in [0.25, 0.3) is 0 Å². The number of carbonyl (C=O) groups excluding carboxylic acids is 3.